The highest BCUT2D eigenvalue weighted by Crippen LogP contribution is 2.10. The first-order chi connectivity index (χ1) is 28.2. The van der Waals surface area contributed by atoms with Crippen molar-refractivity contribution in [3.63, 3.8) is 0 Å². The molecule has 0 aliphatic carbocycles. The molecule has 2 atom stereocenters. The first kappa shape index (κ1) is 45.9. The molecule has 0 saturated carbocycles. The van der Waals surface area contributed by atoms with Gasteiger partial charge in [0.15, 0.2) is 0 Å². The van der Waals surface area contributed by atoms with Crippen molar-refractivity contribution >= 4 is 35.4 Å². The Bertz CT molecular complexity index is 1700. The van der Waals surface area contributed by atoms with Crippen molar-refractivity contribution in [2.45, 2.75) is 89.4 Å². The first-order valence-electron chi connectivity index (χ1n) is 19.1. The lowest BCUT2D eigenvalue weighted by Crippen LogP contribution is -2.46. The number of hydrogen-bond acceptors (Lipinski definition) is 10. The van der Waals surface area contributed by atoms with E-state index in [2.05, 4.69) is 31.2 Å². The second kappa shape index (κ2) is 27.1. The molecule has 0 bridgehead atoms. The Hall–Kier alpha value is -6.52. The molecule has 0 spiro atoms. The average Bonchev–Trinajstić information content (AvgIpc) is 3.27. The van der Waals surface area contributed by atoms with Gasteiger partial charge in [0.25, 0.3) is 11.8 Å². The van der Waals surface area contributed by atoms with Gasteiger partial charge in [-0.15, -0.1) is 0 Å². The zero-order valence-corrected chi connectivity index (χ0v) is 32.3. The Labute approximate surface area is 337 Å². The summed E-state index contributed by atoms with van der Waals surface area (Å²) in [5, 5.41) is 28.3. The fourth-order valence-electron chi connectivity index (χ4n) is 5.56. The van der Waals surface area contributed by atoms with Crippen LogP contribution in [-0.2, 0) is 32.3 Å². The number of rotatable bonds is 22. The number of pyridine rings is 2. The van der Waals surface area contributed by atoms with Crippen LogP contribution in [0.4, 0.5) is 0 Å². The third-order valence-electron chi connectivity index (χ3n) is 8.75. The SMILES string of the molecule is O=C(CCCCC[C@H](NC(=O)c1cccnc1)C(=O)NCc1ccccc1)NO.O=C(CCCCC[C@H](NC(=O)c1cccnc1)C(=O)NCc1ccccc1)NO. The van der Waals surface area contributed by atoms with Gasteiger partial charge < -0.3 is 21.3 Å². The monoisotopic (exact) mass is 796 g/mol. The maximum absolute atomic E-state index is 12.7. The van der Waals surface area contributed by atoms with Crippen LogP contribution in [-0.4, -0.2) is 67.9 Å². The lowest BCUT2D eigenvalue weighted by Gasteiger charge is -2.18. The van der Waals surface area contributed by atoms with Gasteiger partial charge in [0, 0.05) is 50.7 Å². The second-order valence-corrected chi connectivity index (χ2v) is 13.2. The van der Waals surface area contributed by atoms with E-state index in [1.165, 1.54) is 12.4 Å². The molecule has 2 aromatic heterocycles. The van der Waals surface area contributed by atoms with Crippen LogP contribution in [0, 0.1) is 0 Å². The molecule has 4 rings (SSSR count). The molecule has 0 aliphatic heterocycles. The highest BCUT2D eigenvalue weighted by atomic mass is 16.5. The topological polar surface area (TPSA) is 241 Å². The van der Waals surface area contributed by atoms with Gasteiger partial charge in [-0.05, 0) is 61.1 Å². The third-order valence-corrected chi connectivity index (χ3v) is 8.75. The summed E-state index contributed by atoms with van der Waals surface area (Å²) in [5.74, 6) is -2.13. The van der Waals surface area contributed by atoms with Crippen molar-refractivity contribution in [3.05, 3.63) is 132 Å². The number of hydroxylamine groups is 2. The van der Waals surface area contributed by atoms with Gasteiger partial charge in [-0.25, -0.2) is 11.0 Å². The normalized spacial score (nSPS) is 11.3. The smallest absolute Gasteiger partial charge is 0.253 e. The van der Waals surface area contributed by atoms with Gasteiger partial charge >= 0.3 is 0 Å². The zero-order chi connectivity index (χ0) is 41.8. The summed E-state index contributed by atoms with van der Waals surface area (Å²) in [6.45, 7) is 0.741. The average molecular weight is 797 g/mol. The highest BCUT2D eigenvalue weighted by Gasteiger charge is 2.22. The maximum atomic E-state index is 12.7. The molecule has 0 saturated heterocycles. The number of unbranched alkanes of at least 4 members (excludes halogenated alkanes) is 4. The minimum Gasteiger partial charge on any atom is -0.350 e. The molecule has 0 fully saturated rings. The van der Waals surface area contributed by atoms with E-state index in [1.807, 2.05) is 60.7 Å². The van der Waals surface area contributed by atoms with Crippen molar-refractivity contribution in [3.8, 4) is 0 Å². The quantitative estimate of drug-likeness (QED) is 0.0324. The molecular formula is C42H52N8O8. The van der Waals surface area contributed by atoms with Crippen LogP contribution >= 0.6 is 0 Å². The maximum Gasteiger partial charge on any atom is 0.253 e. The number of nitrogens with one attached hydrogen (secondary N) is 6. The van der Waals surface area contributed by atoms with Crippen molar-refractivity contribution in [1.29, 1.82) is 0 Å². The van der Waals surface area contributed by atoms with Crippen LogP contribution in [0.3, 0.4) is 0 Å². The number of benzene rings is 2. The van der Waals surface area contributed by atoms with Crippen LogP contribution in [0.2, 0.25) is 0 Å². The van der Waals surface area contributed by atoms with E-state index < -0.39 is 23.9 Å². The minimum atomic E-state index is -0.696. The van der Waals surface area contributed by atoms with E-state index in [9.17, 15) is 28.8 Å². The molecule has 16 nitrogen and oxygen atoms in total. The molecule has 0 unspecified atom stereocenters. The fraction of sp³-hybridized carbons (Fsp3) is 0.333. The van der Waals surface area contributed by atoms with Crippen LogP contribution in [0.25, 0.3) is 0 Å². The molecule has 6 amide bonds. The van der Waals surface area contributed by atoms with E-state index >= 15 is 0 Å². The van der Waals surface area contributed by atoms with Crippen molar-refractivity contribution in [2.75, 3.05) is 0 Å². The summed E-state index contributed by atoms with van der Waals surface area (Å²) < 4.78 is 0. The lowest BCUT2D eigenvalue weighted by atomic mass is 10.1. The van der Waals surface area contributed by atoms with E-state index in [0.29, 0.717) is 75.6 Å². The lowest BCUT2D eigenvalue weighted by molar-refractivity contribution is -0.130. The van der Waals surface area contributed by atoms with Gasteiger partial charge in [-0.1, -0.05) is 86.3 Å². The van der Waals surface area contributed by atoms with Crippen LogP contribution in [0.15, 0.2) is 110 Å². The molecular weight excluding hydrogens is 745 g/mol. The molecule has 16 heteroatoms. The molecule has 58 heavy (non-hydrogen) atoms. The van der Waals surface area contributed by atoms with Gasteiger partial charge in [-0.3, -0.25) is 49.1 Å². The third kappa shape index (κ3) is 18.4. The first-order valence-corrected chi connectivity index (χ1v) is 19.1. The van der Waals surface area contributed by atoms with Gasteiger partial charge in [0.2, 0.25) is 23.6 Å². The molecule has 0 radical (unpaired) electrons. The van der Waals surface area contributed by atoms with E-state index in [0.717, 1.165) is 11.1 Å². The van der Waals surface area contributed by atoms with Crippen LogP contribution in [0.1, 0.15) is 96.1 Å². The summed E-state index contributed by atoms with van der Waals surface area (Å²) in [7, 11) is 0. The number of hydrogen-bond donors (Lipinski definition) is 8. The Morgan fingerprint density at radius 1 is 0.500 bits per heavy atom. The Balaban J connectivity index is 0.000000310. The van der Waals surface area contributed by atoms with E-state index in [1.54, 1.807) is 47.6 Å². The van der Waals surface area contributed by atoms with E-state index in [-0.39, 0.29) is 36.5 Å². The summed E-state index contributed by atoms with van der Waals surface area (Å²) in [6, 6.07) is 24.2. The number of aromatic nitrogens is 2. The molecule has 4 aromatic rings. The fourth-order valence-corrected chi connectivity index (χ4v) is 5.56. The molecule has 2 heterocycles. The molecule has 8 N–H and O–H groups in total. The van der Waals surface area contributed by atoms with Crippen molar-refractivity contribution < 1.29 is 39.2 Å². The van der Waals surface area contributed by atoms with E-state index in [4.69, 9.17) is 10.4 Å². The number of carbonyl (C=O) groups is 6. The van der Waals surface area contributed by atoms with Gasteiger partial charge in [0.05, 0.1) is 11.1 Å². The van der Waals surface area contributed by atoms with Gasteiger partial charge in [-0.2, -0.15) is 0 Å². The standard InChI is InChI=1S/2C21H26N4O4/c2*26-19(25-29)12-6-2-5-11-18(24-20(27)17-10-7-13-22-15-17)21(28)23-14-16-8-3-1-4-9-16/h2*1,3-4,7-10,13,15,18,29H,2,5-6,11-12,14H2,(H,23,28)(H,24,27)(H,25,26)/t2*18-/m00/s1. The highest BCUT2D eigenvalue weighted by molar-refractivity contribution is 5.98. The zero-order valence-electron chi connectivity index (χ0n) is 32.3. The molecule has 0 aliphatic rings. The predicted molar refractivity (Wildman–Crippen MR) is 214 cm³/mol. The Kier molecular flexibility index (Phi) is 21.5. The summed E-state index contributed by atoms with van der Waals surface area (Å²) in [5.41, 5.74) is 5.88. The molecule has 308 valence electrons. The van der Waals surface area contributed by atoms with Crippen LogP contribution < -0.4 is 32.2 Å². The predicted octanol–water partition coefficient (Wildman–Crippen LogP) is 3.90. The largest absolute Gasteiger partial charge is 0.350 e. The second-order valence-electron chi connectivity index (χ2n) is 13.2. The minimum absolute atomic E-state index is 0.212. The van der Waals surface area contributed by atoms with Crippen LogP contribution in [0.5, 0.6) is 0 Å². The summed E-state index contributed by atoms with van der Waals surface area (Å²) in [4.78, 5) is 80.2. The Morgan fingerprint density at radius 2 is 0.897 bits per heavy atom. The van der Waals surface area contributed by atoms with Gasteiger partial charge in [0.1, 0.15) is 12.1 Å². The Morgan fingerprint density at radius 3 is 1.24 bits per heavy atom. The number of nitrogens with zero attached hydrogens (tertiary/aromatic N) is 2. The summed E-state index contributed by atoms with van der Waals surface area (Å²) >= 11 is 0. The van der Waals surface area contributed by atoms with Crippen molar-refractivity contribution in [1.82, 2.24) is 42.2 Å². The van der Waals surface area contributed by atoms with Crippen molar-refractivity contribution in [2.24, 2.45) is 0 Å². The number of amides is 6. The number of carbonyl (C=O) groups excluding carboxylic acids is 6. The summed E-state index contributed by atoms with van der Waals surface area (Å²) in [6.07, 6.45) is 11.2. The molecule has 2 aromatic carbocycles.